The third-order valence-electron chi connectivity index (χ3n) is 3.70. The van der Waals surface area contributed by atoms with Crippen LogP contribution in [0.25, 0.3) is 6.08 Å². The number of nitrogens with zero attached hydrogens (tertiary/aromatic N) is 4. The molecule has 0 saturated heterocycles. The summed E-state index contributed by atoms with van der Waals surface area (Å²) in [4.78, 5) is 16.2. The molecule has 138 valence electrons. The van der Waals surface area contributed by atoms with Gasteiger partial charge in [-0.2, -0.15) is 0 Å². The van der Waals surface area contributed by atoms with Gasteiger partial charge in [0.1, 0.15) is 5.82 Å². The fourth-order valence-electron chi connectivity index (χ4n) is 2.25. The molecule has 2 aromatic heterocycles. The van der Waals surface area contributed by atoms with E-state index in [9.17, 15) is 9.18 Å². The van der Waals surface area contributed by atoms with Crippen LogP contribution in [0.4, 0.5) is 4.39 Å². The molecule has 0 atom stereocenters. The maximum atomic E-state index is 13.1. The normalized spacial score (nSPS) is 11.0. The maximum Gasteiger partial charge on any atom is 0.244 e. The number of nitrogens with one attached hydrogen (secondary N) is 1. The summed E-state index contributed by atoms with van der Waals surface area (Å²) in [5.74, 6) is 0.707. The Labute approximate surface area is 160 Å². The lowest BCUT2D eigenvalue weighted by Crippen LogP contribution is -2.22. The quantitative estimate of drug-likeness (QED) is 0.502. The number of hydrogen-bond donors (Lipinski definition) is 1. The van der Waals surface area contributed by atoms with E-state index in [2.05, 4.69) is 20.5 Å². The van der Waals surface area contributed by atoms with E-state index in [1.807, 2.05) is 29.8 Å². The monoisotopic (exact) mass is 383 g/mol. The van der Waals surface area contributed by atoms with Crippen LogP contribution in [0.2, 0.25) is 0 Å². The predicted octanol–water partition coefficient (Wildman–Crippen LogP) is 2.97. The van der Waals surface area contributed by atoms with E-state index < -0.39 is 0 Å². The average molecular weight is 383 g/mol. The van der Waals surface area contributed by atoms with E-state index in [-0.39, 0.29) is 18.3 Å². The topological polar surface area (TPSA) is 72.7 Å². The van der Waals surface area contributed by atoms with Crippen LogP contribution < -0.4 is 5.32 Å². The molecule has 27 heavy (non-hydrogen) atoms. The summed E-state index contributed by atoms with van der Waals surface area (Å²) in [5, 5.41) is 11.8. The Morgan fingerprint density at radius 3 is 2.93 bits per heavy atom. The van der Waals surface area contributed by atoms with E-state index in [0.717, 1.165) is 10.9 Å². The van der Waals surface area contributed by atoms with Crippen molar-refractivity contribution in [2.45, 2.75) is 17.5 Å². The van der Waals surface area contributed by atoms with Gasteiger partial charge in [0.25, 0.3) is 0 Å². The summed E-state index contributed by atoms with van der Waals surface area (Å²) in [5.41, 5.74) is 1.58. The molecule has 0 aliphatic carbocycles. The van der Waals surface area contributed by atoms with Crippen molar-refractivity contribution in [3.63, 3.8) is 0 Å². The molecule has 1 amide bonds. The van der Waals surface area contributed by atoms with Crippen molar-refractivity contribution in [1.29, 1.82) is 0 Å². The highest BCUT2D eigenvalue weighted by atomic mass is 32.2. The van der Waals surface area contributed by atoms with Gasteiger partial charge in [0.15, 0.2) is 11.0 Å². The van der Waals surface area contributed by atoms with Crippen molar-refractivity contribution in [3.8, 4) is 0 Å². The van der Waals surface area contributed by atoms with E-state index in [1.54, 1.807) is 24.4 Å². The van der Waals surface area contributed by atoms with Crippen LogP contribution in [-0.4, -0.2) is 25.7 Å². The summed E-state index contributed by atoms with van der Waals surface area (Å²) in [6.45, 7) is 0.250. The number of carbonyl (C=O) groups is 1. The number of aromatic nitrogens is 4. The largest absolute Gasteiger partial charge is 0.345 e. The second-order valence-corrected chi connectivity index (χ2v) is 6.62. The standard InChI is InChI=1S/C19H18FN5OS/c1-25-17(23-24-19(25)27-13-16-7-2-3-10-21-16)12-22-18(26)9-8-14-5-4-6-15(20)11-14/h2-11H,12-13H2,1H3,(H,22,26). The molecule has 0 fully saturated rings. The van der Waals surface area contributed by atoms with Crippen molar-refractivity contribution in [2.75, 3.05) is 0 Å². The Morgan fingerprint density at radius 1 is 1.26 bits per heavy atom. The van der Waals surface area contributed by atoms with Crippen LogP contribution in [0.1, 0.15) is 17.1 Å². The Bertz CT molecular complexity index is 942. The van der Waals surface area contributed by atoms with Gasteiger partial charge in [-0.05, 0) is 35.9 Å². The minimum absolute atomic E-state index is 0.250. The summed E-state index contributed by atoms with van der Waals surface area (Å²) in [6.07, 6.45) is 4.68. The average Bonchev–Trinajstić information content (AvgIpc) is 3.03. The van der Waals surface area contributed by atoms with Crippen LogP contribution in [0, 0.1) is 5.82 Å². The molecule has 8 heteroatoms. The molecule has 1 N–H and O–H groups in total. The molecule has 0 aliphatic rings. The van der Waals surface area contributed by atoms with Gasteiger partial charge in [0.05, 0.1) is 12.2 Å². The highest BCUT2D eigenvalue weighted by molar-refractivity contribution is 7.98. The molecule has 3 rings (SSSR count). The number of carbonyl (C=O) groups excluding carboxylic acids is 1. The molecule has 6 nitrogen and oxygen atoms in total. The minimum Gasteiger partial charge on any atom is -0.345 e. The first-order valence-corrected chi connectivity index (χ1v) is 9.23. The van der Waals surface area contributed by atoms with Gasteiger partial charge in [-0.15, -0.1) is 10.2 Å². The summed E-state index contributed by atoms with van der Waals surface area (Å²) in [7, 11) is 1.85. The van der Waals surface area contributed by atoms with Crippen molar-refractivity contribution >= 4 is 23.7 Å². The SMILES string of the molecule is Cn1c(CNC(=O)C=Cc2cccc(F)c2)nnc1SCc1ccccn1. The highest BCUT2D eigenvalue weighted by Crippen LogP contribution is 2.19. The molecule has 0 radical (unpaired) electrons. The van der Waals surface area contributed by atoms with Gasteiger partial charge in [0.2, 0.25) is 5.91 Å². The molecular formula is C19H18FN5OS. The lowest BCUT2D eigenvalue weighted by Gasteiger charge is -2.04. The first-order valence-electron chi connectivity index (χ1n) is 8.24. The summed E-state index contributed by atoms with van der Waals surface area (Å²) in [6, 6.07) is 11.8. The van der Waals surface area contributed by atoms with Gasteiger partial charge in [-0.1, -0.05) is 30.0 Å². The van der Waals surface area contributed by atoms with E-state index >= 15 is 0 Å². The van der Waals surface area contributed by atoms with Gasteiger partial charge >= 0.3 is 0 Å². The van der Waals surface area contributed by atoms with Crippen molar-refractivity contribution < 1.29 is 9.18 Å². The molecule has 0 saturated carbocycles. The lowest BCUT2D eigenvalue weighted by molar-refractivity contribution is -0.116. The van der Waals surface area contributed by atoms with E-state index in [0.29, 0.717) is 17.1 Å². The number of rotatable bonds is 7. The molecule has 2 heterocycles. The fourth-order valence-corrected chi connectivity index (χ4v) is 3.10. The zero-order valence-electron chi connectivity index (χ0n) is 14.7. The Balaban J connectivity index is 1.52. The second-order valence-electron chi connectivity index (χ2n) is 5.67. The Kier molecular flexibility index (Phi) is 6.32. The number of thioether (sulfide) groups is 1. The van der Waals surface area contributed by atoms with Crippen molar-refractivity contribution in [1.82, 2.24) is 25.1 Å². The van der Waals surface area contributed by atoms with Crippen LogP contribution in [0.15, 0.2) is 59.9 Å². The van der Waals surface area contributed by atoms with Gasteiger partial charge in [-0.3, -0.25) is 9.78 Å². The number of pyridine rings is 1. The van der Waals surface area contributed by atoms with Gasteiger partial charge in [0, 0.05) is 25.1 Å². The fraction of sp³-hybridized carbons (Fsp3) is 0.158. The van der Waals surface area contributed by atoms with Gasteiger partial charge < -0.3 is 9.88 Å². The number of benzene rings is 1. The van der Waals surface area contributed by atoms with Crippen LogP contribution in [0.5, 0.6) is 0 Å². The minimum atomic E-state index is -0.340. The zero-order chi connectivity index (χ0) is 19.1. The highest BCUT2D eigenvalue weighted by Gasteiger charge is 2.10. The van der Waals surface area contributed by atoms with Crippen LogP contribution in [0.3, 0.4) is 0 Å². The van der Waals surface area contributed by atoms with Crippen LogP contribution >= 0.6 is 11.8 Å². The van der Waals surface area contributed by atoms with Crippen molar-refractivity contribution in [2.24, 2.45) is 7.05 Å². The summed E-state index contributed by atoms with van der Waals surface area (Å²) >= 11 is 1.53. The Morgan fingerprint density at radius 2 is 2.15 bits per heavy atom. The molecule has 0 bridgehead atoms. The first kappa shape index (κ1) is 18.8. The van der Waals surface area contributed by atoms with Gasteiger partial charge in [-0.25, -0.2) is 4.39 Å². The summed E-state index contributed by atoms with van der Waals surface area (Å²) < 4.78 is 15.0. The first-order chi connectivity index (χ1) is 13.1. The van der Waals surface area contributed by atoms with Crippen LogP contribution in [-0.2, 0) is 24.1 Å². The molecular weight excluding hydrogens is 365 g/mol. The third-order valence-corrected chi connectivity index (χ3v) is 4.75. The lowest BCUT2D eigenvalue weighted by atomic mass is 10.2. The van der Waals surface area contributed by atoms with E-state index in [1.165, 1.54) is 30.0 Å². The molecule has 3 aromatic rings. The predicted molar refractivity (Wildman–Crippen MR) is 102 cm³/mol. The maximum absolute atomic E-state index is 13.1. The number of halogens is 1. The van der Waals surface area contributed by atoms with E-state index in [4.69, 9.17) is 0 Å². The second kappa shape index (κ2) is 9.09. The molecule has 0 spiro atoms. The van der Waals surface area contributed by atoms with Crippen molar-refractivity contribution in [3.05, 3.63) is 77.6 Å². The molecule has 1 aromatic carbocycles. The Hall–Kier alpha value is -3.00. The number of amides is 1. The number of hydrogen-bond acceptors (Lipinski definition) is 5. The molecule has 0 aliphatic heterocycles. The zero-order valence-corrected chi connectivity index (χ0v) is 15.5. The smallest absolute Gasteiger partial charge is 0.244 e. The third kappa shape index (κ3) is 5.49. The molecule has 0 unspecified atom stereocenters.